The second kappa shape index (κ2) is 8.17. The van der Waals surface area contributed by atoms with Gasteiger partial charge in [-0.25, -0.2) is 0 Å². The molecule has 0 bridgehead atoms. The predicted octanol–water partition coefficient (Wildman–Crippen LogP) is 3.22. The van der Waals surface area contributed by atoms with Crippen LogP contribution in [0, 0.1) is 13.8 Å². The van der Waals surface area contributed by atoms with Crippen LogP contribution >= 0.6 is 0 Å². The Morgan fingerprint density at radius 1 is 0.885 bits per heavy atom. The van der Waals surface area contributed by atoms with Crippen LogP contribution in [0.1, 0.15) is 33.5 Å². The summed E-state index contributed by atoms with van der Waals surface area (Å²) < 4.78 is 0. The van der Waals surface area contributed by atoms with Crippen molar-refractivity contribution in [2.45, 2.75) is 26.7 Å². The zero-order chi connectivity index (χ0) is 18.5. The summed E-state index contributed by atoms with van der Waals surface area (Å²) in [6.45, 7) is 6.57. The number of carbonyl (C=O) groups is 2. The van der Waals surface area contributed by atoms with Crippen molar-refractivity contribution in [3.63, 3.8) is 0 Å². The first-order chi connectivity index (χ1) is 12.5. The lowest BCUT2D eigenvalue weighted by Crippen LogP contribution is -2.38. The van der Waals surface area contributed by atoms with Crippen LogP contribution in [-0.2, 0) is 11.2 Å². The van der Waals surface area contributed by atoms with E-state index in [2.05, 4.69) is 0 Å². The Labute approximate surface area is 155 Å². The lowest BCUT2D eigenvalue weighted by molar-refractivity contribution is -0.130. The van der Waals surface area contributed by atoms with Crippen molar-refractivity contribution in [3.05, 3.63) is 70.8 Å². The fraction of sp³-hybridized carbons (Fsp3) is 0.364. The summed E-state index contributed by atoms with van der Waals surface area (Å²) in [5, 5.41) is 0. The Morgan fingerprint density at radius 3 is 2.35 bits per heavy atom. The van der Waals surface area contributed by atoms with Crippen LogP contribution in [0.4, 0.5) is 0 Å². The highest BCUT2D eigenvalue weighted by molar-refractivity contribution is 5.96. The molecule has 26 heavy (non-hydrogen) atoms. The molecular weight excluding hydrogens is 324 g/mol. The SMILES string of the molecule is Cc1ccc(C)c(C(=O)N2CCCN(C(=O)Cc3ccccc3)CC2)c1. The van der Waals surface area contributed by atoms with Crippen LogP contribution in [0.2, 0.25) is 0 Å². The lowest BCUT2D eigenvalue weighted by Gasteiger charge is -2.23. The molecule has 0 spiro atoms. The topological polar surface area (TPSA) is 40.6 Å². The van der Waals surface area contributed by atoms with Crippen molar-refractivity contribution in [2.75, 3.05) is 26.2 Å². The molecular formula is C22H26N2O2. The monoisotopic (exact) mass is 350 g/mol. The van der Waals surface area contributed by atoms with E-state index >= 15 is 0 Å². The van der Waals surface area contributed by atoms with E-state index in [0.717, 1.165) is 28.7 Å². The van der Waals surface area contributed by atoms with E-state index in [1.165, 1.54) is 0 Å². The van der Waals surface area contributed by atoms with E-state index < -0.39 is 0 Å². The minimum Gasteiger partial charge on any atom is -0.341 e. The average molecular weight is 350 g/mol. The molecule has 0 aliphatic carbocycles. The van der Waals surface area contributed by atoms with Crippen LogP contribution in [0.15, 0.2) is 48.5 Å². The lowest BCUT2D eigenvalue weighted by atomic mass is 10.0. The molecule has 2 aromatic carbocycles. The minimum absolute atomic E-state index is 0.0727. The number of nitrogens with zero attached hydrogens (tertiary/aromatic N) is 2. The smallest absolute Gasteiger partial charge is 0.254 e. The molecule has 0 saturated carbocycles. The van der Waals surface area contributed by atoms with E-state index in [1.54, 1.807) is 0 Å². The Balaban J connectivity index is 1.63. The molecule has 4 nitrogen and oxygen atoms in total. The van der Waals surface area contributed by atoms with E-state index in [1.807, 2.05) is 72.2 Å². The highest BCUT2D eigenvalue weighted by Gasteiger charge is 2.23. The van der Waals surface area contributed by atoms with E-state index in [0.29, 0.717) is 32.6 Å². The number of aryl methyl sites for hydroxylation is 2. The highest BCUT2D eigenvalue weighted by atomic mass is 16.2. The Hall–Kier alpha value is -2.62. The maximum Gasteiger partial charge on any atom is 0.254 e. The van der Waals surface area contributed by atoms with Gasteiger partial charge in [-0.1, -0.05) is 48.0 Å². The van der Waals surface area contributed by atoms with Crippen molar-refractivity contribution in [3.8, 4) is 0 Å². The molecule has 1 aliphatic heterocycles. The second-order valence-electron chi connectivity index (χ2n) is 7.01. The molecule has 0 radical (unpaired) electrons. The minimum atomic E-state index is 0.0727. The molecule has 1 aliphatic rings. The van der Waals surface area contributed by atoms with Crippen LogP contribution in [0.5, 0.6) is 0 Å². The molecule has 0 aromatic heterocycles. The third kappa shape index (κ3) is 4.31. The summed E-state index contributed by atoms with van der Waals surface area (Å²) in [4.78, 5) is 29.3. The van der Waals surface area contributed by atoms with Gasteiger partial charge >= 0.3 is 0 Å². The summed E-state index contributed by atoms with van der Waals surface area (Å²) in [7, 11) is 0. The average Bonchev–Trinajstić information content (AvgIpc) is 2.90. The Morgan fingerprint density at radius 2 is 1.58 bits per heavy atom. The number of hydrogen-bond acceptors (Lipinski definition) is 2. The van der Waals surface area contributed by atoms with Crippen molar-refractivity contribution in [1.82, 2.24) is 9.80 Å². The van der Waals surface area contributed by atoms with Crippen molar-refractivity contribution in [2.24, 2.45) is 0 Å². The summed E-state index contributed by atoms with van der Waals surface area (Å²) in [5.74, 6) is 0.209. The highest BCUT2D eigenvalue weighted by Crippen LogP contribution is 2.15. The summed E-state index contributed by atoms with van der Waals surface area (Å²) in [6, 6.07) is 15.8. The molecule has 4 heteroatoms. The number of benzene rings is 2. The second-order valence-corrected chi connectivity index (χ2v) is 7.01. The van der Waals surface area contributed by atoms with Gasteiger partial charge in [-0.3, -0.25) is 9.59 Å². The molecule has 1 saturated heterocycles. The number of carbonyl (C=O) groups excluding carboxylic acids is 2. The standard InChI is InChI=1S/C22H26N2O2/c1-17-9-10-18(2)20(15-17)22(26)24-12-6-11-23(13-14-24)21(25)16-19-7-4-3-5-8-19/h3-5,7-10,15H,6,11-14,16H2,1-2H3. The van der Waals surface area contributed by atoms with Crippen molar-refractivity contribution in [1.29, 1.82) is 0 Å². The molecule has 0 unspecified atom stereocenters. The Kier molecular flexibility index (Phi) is 5.71. The fourth-order valence-electron chi connectivity index (χ4n) is 3.39. The first-order valence-electron chi connectivity index (χ1n) is 9.23. The van der Waals surface area contributed by atoms with Gasteiger partial charge in [0.15, 0.2) is 0 Å². The summed E-state index contributed by atoms with van der Waals surface area (Å²) in [5.41, 5.74) is 3.90. The molecule has 1 heterocycles. The van der Waals surface area contributed by atoms with Crippen LogP contribution in [0.25, 0.3) is 0 Å². The summed E-state index contributed by atoms with van der Waals surface area (Å²) >= 11 is 0. The van der Waals surface area contributed by atoms with E-state index in [-0.39, 0.29) is 11.8 Å². The quantitative estimate of drug-likeness (QED) is 0.853. The molecule has 0 atom stereocenters. The van der Waals surface area contributed by atoms with E-state index in [9.17, 15) is 9.59 Å². The van der Waals surface area contributed by atoms with E-state index in [4.69, 9.17) is 0 Å². The molecule has 1 fully saturated rings. The van der Waals surface area contributed by atoms with Gasteiger partial charge in [0.05, 0.1) is 6.42 Å². The predicted molar refractivity (Wildman–Crippen MR) is 103 cm³/mol. The van der Waals surface area contributed by atoms with Crippen LogP contribution < -0.4 is 0 Å². The van der Waals surface area contributed by atoms with Gasteiger partial charge in [0.2, 0.25) is 5.91 Å². The van der Waals surface area contributed by atoms with Crippen LogP contribution in [-0.4, -0.2) is 47.8 Å². The Bertz CT molecular complexity index is 786. The fourth-order valence-corrected chi connectivity index (χ4v) is 3.39. The van der Waals surface area contributed by atoms with Crippen LogP contribution in [0.3, 0.4) is 0 Å². The van der Waals surface area contributed by atoms with Gasteiger partial charge in [-0.05, 0) is 37.5 Å². The maximum atomic E-state index is 12.9. The van der Waals surface area contributed by atoms with Crippen molar-refractivity contribution >= 4 is 11.8 Å². The van der Waals surface area contributed by atoms with Gasteiger partial charge in [0, 0.05) is 31.7 Å². The normalized spacial score (nSPS) is 14.8. The first kappa shape index (κ1) is 18.2. The summed E-state index contributed by atoms with van der Waals surface area (Å²) in [6.07, 6.45) is 1.24. The zero-order valence-electron chi connectivity index (χ0n) is 15.6. The number of hydrogen-bond donors (Lipinski definition) is 0. The third-order valence-corrected chi connectivity index (χ3v) is 4.96. The largest absolute Gasteiger partial charge is 0.341 e. The first-order valence-corrected chi connectivity index (χ1v) is 9.23. The zero-order valence-corrected chi connectivity index (χ0v) is 15.6. The van der Waals surface area contributed by atoms with Gasteiger partial charge in [0.1, 0.15) is 0 Å². The maximum absolute atomic E-state index is 12.9. The third-order valence-electron chi connectivity index (χ3n) is 4.96. The molecule has 2 aromatic rings. The number of rotatable bonds is 3. The molecule has 3 rings (SSSR count). The molecule has 136 valence electrons. The van der Waals surface area contributed by atoms with Gasteiger partial charge in [0.25, 0.3) is 5.91 Å². The molecule has 2 amide bonds. The molecule has 0 N–H and O–H groups in total. The number of amides is 2. The van der Waals surface area contributed by atoms with Gasteiger partial charge in [-0.15, -0.1) is 0 Å². The van der Waals surface area contributed by atoms with Gasteiger partial charge in [-0.2, -0.15) is 0 Å². The van der Waals surface area contributed by atoms with Crippen molar-refractivity contribution < 1.29 is 9.59 Å². The van der Waals surface area contributed by atoms with Gasteiger partial charge < -0.3 is 9.80 Å².